The molecule has 3 heteroatoms. The molecular formula is C15H19N3. The number of rotatable bonds is 4. The normalized spacial score (nSPS) is 12.4. The van der Waals surface area contributed by atoms with Gasteiger partial charge in [0.25, 0.3) is 0 Å². The molecule has 0 fully saturated rings. The summed E-state index contributed by atoms with van der Waals surface area (Å²) in [5.41, 5.74) is 7.44. The molecule has 0 aliphatic carbocycles. The van der Waals surface area contributed by atoms with Gasteiger partial charge >= 0.3 is 0 Å². The summed E-state index contributed by atoms with van der Waals surface area (Å²) in [4.78, 5) is 4.32. The molecule has 94 valence electrons. The van der Waals surface area contributed by atoms with Gasteiger partial charge in [-0.1, -0.05) is 37.3 Å². The lowest BCUT2D eigenvalue weighted by atomic mass is 9.98. The number of hydrazine groups is 1. The van der Waals surface area contributed by atoms with Crippen molar-refractivity contribution >= 4 is 0 Å². The van der Waals surface area contributed by atoms with Gasteiger partial charge in [-0.15, -0.1) is 0 Å². The van der Waals surface area contributed by atoms with Crippen molar-refractivity contribution in [3.05, 3.63) is 65.0 Å². The Morgan fingerprint density at radius 2 is 2.06 bits per heavy atom. The quantitative estimate of drug-likeness (QED) is 0.639. The minimum atomic E-state index is -0.00963. The van der Waals surface area contributed by atoms with Crippen LogP contribution in [0.2, 0.25) is 0 Å². The molecule has 2 aromatic rings. The monoisotopic (exact) mass is 241 g/mol. The van der Waals surface area contributed by atoms with E-state index in [0.717, 1.165) is 17.7 Å². The van der Waals surface area contributed by atoms with E-state index in [9.17, 15) is 0 Å². The van der Waals surface area contributed by atoms with E-state index in [-0.39, 0.29) is 6.04 Å². The molecule has 1 heterocycles. The zero-order valence-corrected chi connectivity index (χ0v) is 10.9. The average molecular weight is 241 g/mol. The first-order chi connectivity index (χ1) is 8.74. The summed E-state index contributed by atoms with van der Waals surface area (Å²) in [5.74, 6) is 5.69. The standard InChI is InChI=1S/C15H19N3/c1-3-12-5-4-6-13(9-12)15(18-16)14-8-7-11(2)17-10-14/h4-10,15,18H,3,16H2,1-2H3. The lowest BCUT2D eigenvalue weighted by Gasteiger charge is -2.17. The van der Waals surface area contributed by atoms with E-state index >= 15 is 0 Å². The van der Waals surface area contributed by atoms with Crippen molar-refractivity contribution in [2.75, 3.05) is 0 Å². The molecule has 2 rings (SSSR count). The maximum Gasteiger partial charge on any atom is 0.0725 e. The number of nitrogens with zero attached hydrogens (tertiary/aromatic N) is 1. The molecule has 3 nitrogen and oxygen atoms in total. The molecule has 0 radical (unpaired) electrons. The van der Waals surface area contributed by atoms with Crippen LogP contribution in [0, 0.1) is 6.92 Å². The van der Waals surface area contributed by atoms with Crippen LogP contribution in [0.4, 0.5) is 0 Å². The Morgan fingerprint density at radius 1 is 1.22 bits per heavy atom. The van der Waals surface area contributed by atoms with Crippen molar-refractivity contribution in [1.29, 1.82) is 0 Å². The number of aryl methyl sites for hydroxylation is 2. The van der Waals surface area contributed by atoms with Crippen LogP contribution in [-0.4, -0.2) is 4.98 Å². The Bertz CT molecular complexity index is 505. The number of nitrogens with two attached hydrogens (primary N) is 1. The summed E-state index contributed by atoms with van der Waals surface area (Å²) in [6.45, 7) is 4.13. The van der Waals surface area contributed by atoms with Crippen molar-refractivity contribution in [3.8, 4) is 0 Å². The van der Waals surface area contributed by atoms with Gasteiger partial charge in [0, 0.05) is 11.9 Å². The number of benzene rings is 1. The van der Waals surface area contributed by atoms with E-state index in [0.29, 0.717) is 0 Å². The third-order valence-electron chi connectivity index (χ3n) is 3.13. The molecule has 1 aromatic heterocycles. The second-order valence-corrected chi connectivity index (χ2v) is 4.43. The molecule has 1 aromatic carbocycles. The van der Waals surface area contributed by atoms with E-state index in [1.807, 2.05) is 19.2 Å². The van der Waals surface area contributed by atoms with Gasteiger partial charge in [-0.2, -0.15) is 0 Å². The van der Waals surface area contributed by atoms with Gasteiger partial charge in [0.1, 0.15) is 0 Å². The van der Waals surface area contributed by atoms with Crippen LogP contribution < -0.4 is 11.3 Å². The van der Waals surface area contributed by atoms with E-state index in [1.165, 1.54) is 11.1 Å². The molecule has 0 saturated carbocycles. The van der Waals surface area contributed by atoms with Crippen LogP contribution in [0.3, 0.4) is 0 Å². The predicted octanol–water partition coefficient (Wildman–Crippen LogP) is 2.51. The second kappa shape index (κ2) is 5.76. The lowest BCUT2D eigenvalue weighted by Crippen LogP contribution is -2.29. The van der Waals surface area contributed by atoms with Gasteiger partial charge in [0.15, 0.2) is 0 Å². The number of hydrogen-bond acceptors (Lipinski definition) is 3. The largest absolute Gasteiger partial charge is 0.271 e. The first-order valence-electron chi connectivity index (χ1n) is 6.22. The van der Waals surface area contributed by atoms with E-state index in [2.05, 4.69) is 47.7 Å². The molecule has 1 unspecified atom stereocenters. The molecule has 3 N–H and O–H groups in total. The Balaban J connectivity index is 2.35. The summed E-state index contributed by atoms with van der Waals surface area (Å²) in [6.07, 6.45) is 2.90. The topological polar surface area (TPSA) is 50.9 Å². The molecule has 0 saturated heterocycles. The Kier molecular flexibility index (Phi) is 4.07. The molecule has 0 aliphatic heterocycles. The molecule has 0 spiro atoms. The third-order valence-corrected chi connectivity index (χ3v) is 3.13. The van der Waals surface area contributed by atoms with Crippen LogP contribution in [0.25, 0.3) is 0 Å². The summed E-state index contributed by atoms with van der Waals surface area (Å²) in [7, 11) is 0. The SMILES string of the molecule is CCc1cccc(C(NN)c2ccc(C)nc2)c1. The lowest BCUT2D eigenvalue weighted by molar-refractivity contribution is 0.633. The number of hydrogen-bond donors (Lipinski definition) is 2. The maximum absolute atomic E-state index is 5.69. The maximum atomic E-state index is 5.69. The van der Waals surface area contributed by atoms with Crippen molar-refractivity contribution in [2.45, 2.75) is 26.3 Å². The fourth-order valence-corrected chi connectivity index (χ4v) is 2.03. The van der Waals surface area contributed by atoms with Gasteiger partial charge in [-0.05, 0) is 36.1 Å². The third kappa shape index (κ3) is 2.75. The average Bonchev–Trinajstić information content (AvgIpc) is 2.42. The second-order valence-electron chi connectivity index (χ2n) is 4.43. The minimum Gasteiger partial charge on any atom is -0.271 e. The molecule has 18 heavy (non-hydrogen) atoms. The van der Waals surface area contributed by atoms with Crippen LogP contribution in [0.5, 0.6) is 0 Å². The molecule has 1 atom stereocenters. The minimum absolute atomic E-state index is 0.00963. The highest BCUT2D eigenvalue weighted by atomic mass is 15.2. The molecule has 0 bridgehead atoms. The van der Waals surface area contributed by atoms with Crippen molar-refractivity contribution in [1.82, 2.24) is 10.4 Å². The van der Waals surface area contributed by atoms with Gasteiger partial charge in [0.05, 0.1) is 6.04 Å². The van der Waals surface area contributed by atoms with Crippen molar-refractivity contribution in [2.24, 2.45) is 5.84 Å². The predicted molar refractivity (Wildman–Crippen MR) is 74.0 cm³/mol. The van der Waals surface area contributed by atoms with Gasteiger partial charge < -0.3 is 0 Å². The first-order valence-corrected chi connectivity index (χ1v) is 6.22. The Hall–Kier alpha value is -1.71. The molecule has 0 aliphatic rings. The summed E-state index contributed by atoms with van der Waals surface area (Å²) in [6, 6.07) is 12.5. The van der Waals surface area contributed by atoms with Crippen LogP contribution in [0.15, 0.2) is 42.6 Å². The fourth-order valence-electron chi connectivity index (χ4n) is 2.03. The van der Waals surface area contributed by atoms with E-state index in [1.54, 1.807) is 0 Å². The first kappa shape index (κ1) is 12.7. The smallest absolute Gasteiger partial charge is 0.0725 e. The van der Waals surface area contributed by atoms with E-state index in [4.69, 9.17) is 5.84 Å². The number of pyridine rings is 1. The highest BCUT2D eigenvalue weighted by Gasteiger charge is 2.12. The highest BCUT2D eigenvalue weighted by Crippen LogP contribution is 2.21. The summed E-state index contributed by atoms with van der Waals surface area (Å²) < 4.78 is 0. The van der Waals surface area contributed by atoms with Crippen molar-refractivity contribution < 1.29 is 0 Å². The number of nitrogens with one attached hydrogen (secondary N) is 1. The molecular weight excluding hydrogens is 222 g/mol. The van der Waals surface area contributed by atoms with Crippen LogP contribution in [0.1, 0.15) is 35.3 Å². The summed E-state index contributed by atoms with van der Waals surface area (Å²) >= 11 is 0. The Labute approximate surface area is 108 Å². The molecule has 0 amide bonds. The Morgan fingerprint density at radius 3 is 2.67 bits per heavy atom. The van der Waals surface area contributed by atoms with Gasteiger partial charge in [0.2, 0.25) is 0 Å². The number of aromatic nitrogens is 1. The van der Waals surface area contributed by atoms with Crippen LogP contribution in [-0.2, 0) is 6.42 Å². The van der Waals surface area contributed by atoms with Gasteiger partial charge in [-0.25, -0.2) is 5.43 Å². The van der Waals surface area contributed by atoms with Crippen LogP contribution >= 0.6 is 0 Å². The van der Waals surface area contributed by atoms with E-state index < -0.39 is 0 Å². The zero-order chi connectivity index (χ0) is 13.0. The summed E-state index contributed by atoms with van der Waals surface area (Å²) in [5, 5.41) is 0. The zero-order valence-electron chi connectivity index (χ0n) is 10.9. The van der Waals surface area contributed by atoms with Gasteiger partial charge in [-0.3, -0.25) is 10.8 Å². The fraction of sp³-hybridized carbons (Fsp3) is 0.267. The van der Waals surface area contributed by atoms with Crippen molar-refractivity contribution in [3.63, 3.8) is 0 Å². The highest BCUT2D eigenvalue weighted by molar-refractivity contribution is 5.33.